The Morgan fingerprint density at radius 1 is 1.21 bits per heavy atom. The molecule has 3 rings (SSSR count). The van der Waals surface area contributed by atoms with Gasteiger partial charge in [-0.25, -0.2) is 9.18 Å². The lowest BCUT2D eigenvalue weighted by atomic mass is 9.95. The van der Waals surface area contributed by atoms with Crippen molar-refractivity contribution >= 4 is 11.7 Å². The number of para-hydroxylation sites is 1. The third-order valence-electron chi connectivity index (χ3n) is 5.35. The number of nitrogens with zero attached hydrogens (tertiary/aromatic N) is 2. The average molecular weight is 333 g/mol. The zero-order valence-electron chi connectivity index (χ0n) is 14.5. The predicted molar refractivity (Wildman–Crippen MR) is 94.6 cm³/mol. The van der Waals surface area contributed by atoms with Crippen LogP contribution < -0.4 is 5.32 Å². The van der Waals surface area contributed by atoms with E-state index in [0.717, 1.165) is 26.1 Å². The van der Waals surface area contributed by atoms with Crippen molar-refractivity contribution in [1.29, 1.82) is 0 Å². The van der Waals surface area contributed by atoms with Gasteiger partial charge in [0.05, 0.1) is 5.69 Å². The van der Waals surface area contributed by atoms with Gasteiger partial charge in [-0.2, -0.15) is 0 Å². The summed E-state index contributed by atoms with van der Waals surface area (Å²) in [4.78, 5) is 16.9. The van der Waals surface area contributed by atoms with Gasteiger partial charge in [-0.05, 0) is 57.2 Å². The monoisotopic (exact) mass is 333 g/mol. The van der Waals surface area contributed by atoms with E-state index in [2.05, 4.69) is 17.1 Å². The van der Waals surface area contributed by atoms with Crippen molar-refractivity contribution in [3.8, 4) is 0 Å². The van der Waals surface area contributed by atoms with Gasteiger partial charge in [-0.3, -0.25) is 0 Å². The molecule has 0 aliphatic carbocycles. The van der Waals surface area contributed by atoms with Crippen LogP contribution in [0.15, 0.2) is 24.3 Å². The molecule has 4 nitrogen and oxygen atoms in total. The second-order valence-corrected chi connectivity index (χ2v) is 7.20. The minimum absolute atomic E-state index is 0.184. The van der Waals surface area contributed by atoms with Crippen LogP contribution >= 0.6 is 0 Å². The number of hydrogen-bond acceptors (Lipinski definition) is 2. The summed E-state index contributed by atoms with van der Waals surface area (Å²) in [5, 5.41) is 2.71. The van der Waals surface area contributed by atoms with Gasteiger partial charge in [0.15, 0.2) is 0 Å². The summed E-state index contributed by atoms with van der Waals surface area (Å²) in [7, 11) is 0. The van der Waals surface area contributed by atoms with Crippen molar-refractivity contribution in [3.63, 3.8) is 0 Å². The van der Waals surface area contributed by atoms with Crippen molar-refractivity contribution in [2.24, 2.45) is 5.92 Å². The van der Waals surface area contributed by atoms with Crippen molar-refractivity contribution in [2.75, 3.05) is 31.5 Å². The Bertz CT molecular complexity index is 565. The number of likely N-dealkylation sites (tertiary alicyclic amines) is 2. The van der Waals surface area contributed by atoms with Gasteiger partial charge in [-0.1, -0.05) is 18.6 Å². The summed E-state index contributed by atoms with van der Waals surface area (Å²) in [6.07, 6.45) is 6.10. The van der Waals surface area contributed by atoms with Crippen molar-refractivity contribution < 1.29 is 9.18 Å². The number of halogens is 1. The maximum Gasteiger partial charge on any atom is 0.321 e. The quantitative estimate of drug-likeness (QED) is 0.909. The molecule has 2 heterocycles. The van der Waals surface area contributed by atoms with E-state index in [9.17, 15) is 9.18 Å². The zero-order chi connectivity index (χ0) is 16.9. The number of anilines is 1. The first-order valence-electron chi connectivity index (χ1n) is 9.18. The van der Waals surface area contributed by atoms with Crippen LogP contribution in [0.5, 0.6) is 0 Å². The van der Waals surface area contributed by atoms with Gasteiger partial charge >= 0.3 is 6.03 Å². The van der Waals surface area contributed by atoms with Gasteiger partial charge in [-0.15, -0.1) is 0 Å². The highest BCUT2D eigenvalue weighted by Gasteiger charge is 2.27. The number of piperidine rings is 2. The van der Waals surface area contributed by atoms with Gasteiger partial charge in [0.2, 0.25) is 0 Å². The van der Waals surface area contributed by atoms with Gasteiger partial charge in [0.1, 0.15) is 5.82 Å². The molecule has 132 valence electrons. The van der Waals surface area contributed by atoms with Gasteiger partial charge < -0.3 is 15.1 Å². The Balaban J connectivity index is 1.55. The number of nitrogens with one attached hydrogen (secondary N) is 1. The fraction of sp³-hybridized carbons (Fsp3) is 0.632. The molecule has 1 aromatic carbocycles. The van der Waals surface area contributed by atoms with Crippen LogP contribution in [0.4, 0.5) is 14.9 Å². The fourth-order valence-corrected chi connectivity index (χ4v) is 3.92. The molecule has 24 heavy (non-hydrogen) atoms. The Labute approximate surface area is 144 Å². The molecule has 0 aromatic heterocycles. The lowest BCUT2D eigenvalue weighted by Gasteiger charge is -2.39. The molecule has 1 aromatic rings. The number of carbonyl (C=O) groups is 1. The molecule has 2 fully saturated rings. The van der Waals surface area contributed by atoms with Crippen LogP contribution in [0.3, 0.4) is 0 Å². The maximum atomic E-state index is 13.7. The standard InChI is InChI=1S/C19H28FN3O/c1-15-7-4-5-11-22(15)13-16-8-6-12-23(14-16)19(24)21-18-10-3-2-9-17(18)20/h2-3,9-10,15-16H,4-8,11-14H2,1H3,(H,21,24)/t15-,16+/m0/s1. The lowest BCUT2D eigenvalue weighted by Crippen LogP contribution is -2.47. The highest BCUT2D eigenvalue weighted by Crippen LogP contribution is 2.23. The number of amides is 2. The summed E-state index contributed by atoms with van der Waals surface area (Å²) in [5.74, 6) is 0.132. The first-order chi connectivity index (χ1) is 11.6. The molecule has 5 heteroatoms. The topological polar surface area (TPSA) is 35.6 Å². The van der Waals surface area contributed by atoms with E-state index in [1.807, 2.05) is 4.90 Å². The summed E-state index contributed by atoms with van der Waals surface area (Å²) in [6, 6.07) is 6.80. The zero-order valence-corrected chi connectivity index (χ0v) is 14.5. The van der Waals surface area contributed by atoms with Crippen LogP contribution in [0.2, 0.25) is 0 Å². The average Bonchev–Trinajstić information content (AvgIpc) is 2.59. The third kappa shape index (κ3) is 4.26. The minimum Gasteiger partial charge on any atom is -0.324 e. The summed E-state index contributed by atoms with van der Waals surface area (Å²) in [5.41, 5.74) is 0.259. The minimum atomic E-state index is -0.387. The molecule has 0 spiro atoms. The number of carbonyl (C=O) groups excluding carboxylic acids is 1. The Hall–Kier alpha value is -1.62. The second-order valence-electron chi connectivity index (χ2n) is 7.20. The number of urea groups is 1. The van der Waals surface area contributed by atoms with Crippen molar-refractivity contribution in [2.45, 2.75) is 45.1 Å². The van der Waals surface area contributed by atoms with Crippen LogP contribution in [0.25, 0.3) is 0 Å². The molecule has 2 saturated heterocycles. The number of hydrogen-bond donors (Lipinski definition) is 1. The van der Waals surface area contributed by atoms with Gasteiger partial charge in [0, 0.05) is 25.7 Å². The fourth-order valence-electron chi connectivity index (χ4n) is 3.92. The lowest BCUT2D eigenvalue weighted by molar-refractivity contribution is 0.104. The molecule has 2 atom stereocenters. The van der Waals surface area contributed by atoms with E-state index in [-0.39, 0.29) is 17.5 Å². The van der Waals surface area contributed by atoms with E-state index < -0.39 is 0 Å². The molecule has 2 amide bonds. The van der Waals surface area contributed by atoms with Crippen LogP contribution in [-0.4, -0.2) is 48.1 Å². The molecule has 1 N–H and O–H groups in total. The first kappa shape index (κ1) is 17.2. The number of benzene rings is 1. The highest BCUT2D eigenvalue weighted by atomic mass is 19.1. The third-order valence-corrected chi connectivity index (χ3v) is 5.35. The molecule has 0 radical (unpaired) electrons. The second kappa shape index (κ2) is 7.97. The Morgan fingerprint density at radius 2 is 2.04 bits per heavy atom. The first-order valence-corrected chi connectivity index (χ1v) is 9.18. The van der Waals surface area contributed by atoms with Crippen molar-refractivity contribution in [3.05, 3.63) is 30.1 Å². The van der Waals surface area contributed by atoms with Crippen LogP contribution in [-0.2, 0) is 0 Å². The predicted octanol–water partition coefficient (Wildman–Crippen LogP) is 3.94. The van der Waals surface area contributed by atoms with E-state index in [0.29, 0.717) is 12.0 Å². The number of rotatable bonds is 3. The smallest absolute Gasteiger partial charge is 0.321 e. The molecule has 0 unspecified atom stereocenters. The Kier molecular flexibility index (Phi) is 5.72. The summed E-state index contributed by atoms with van der Waals surface area (Å²) >= 11 is 0. The van der Waals surface area contributed by atoms with Gasteiger partial charge in [0.25, 0.3) is 0 Å². The maximum absolute atomic E-state index is 13.7. The molecule has 2 aliphatic heterocycles. The van der Waals surface area contributed by atoms with E-state index in [4.69, 9.17) is 0 Å². The largest absolute Gasteiger partial charge is 0.324 e. The highest BCUT2D eigenvalue weighted by molar-refractivity contribution is 5.89. The van der Waals surface area contributed by atoms with E-state index in [1.54, 1.807) is 18.2 Å². The van der Waals surface area contributed by atoms with E-state index in [1.165, 1.54) is 38.3 Å². The SMILES string of the molecule is C[C@H]1CCCCN1C[C@H]1CCCN(C(=O)Nc2ccccc2F)C1. The molecular formula is C19H28FN3O. The molecule has 0 bridgehead atoms. The van der Waals surface area contributed by atoms with Crippen molar-refractivity contribution in [1.82, 2.24) is 9.80 Å². The van der Waals surface area contributed by atoms with Crippen LogP contribution in [0.1, 0.15) is 39.0 Å². The van der Waals surface area contributed by atoms with Crippen LogP contribution in [0, 0.1) is 11.7 Å². The molecular weight excluding hydrogens is 305 g/mol. The molecule has 2 aliphatic rings. The summed E-state index contributed by atoms with van der Waals surface area (Å²) < 4.78 is 13.7. The summed E-state index contributed by atoms with van der Waals surface area (Å²) in [6.45, 7) is 6.09. The van der Waals surface area contributed by atoms with E-state index >= 15 is 0 Å². The Morgan fingerprint density at radius 3 is 2.83 bits per heavy atom. The normalized spacial score (nSPS) is 25.5. The molecule has 0 saturated carbocycles.